The van der Waals surface area contributed by atoms with Crippen molar-refractivity contribution in [2.45, 2.75) is 33.5 Å². The van der Waals surface area contributed by atoms with Crippen LogP contribution in [0.2, 0.25) is 0 Å². The van der Waals surface area contributed by atoms with Gasteiger partial charge in [0, 0.05) is 25.8 Å². The molecule has 4 N–H and O–H groups in total. The van der Waals surface area contributed by atoms with E-state index in [0.29, 0.717) is 17.1 Å². The summed E-state index contributed by atoms with van der Waals surface area (Å²) in [6, 6.07) is 10.5. The number of amides is 2. The summed E-state index contributed by atoms with van der Waals surface area (Å²) in [6.45, 7) is 6.23. The van der Waals surface area contributed by atoms with E-state index in [-0.39, 0.29) is 40.7 Å². The Balaban J connectivity index is 2.00. The molecule has 1 aliphatic rings. The maximum atomic E-state index is 12.9. The number of aromatic hydroxyl groups is 1. The van der Waals surface area contributed by atoms with Crippen molar-refractivity contribution in [2.24, 2.45) is 5.41 Å². The second kappa shape index (κ2) is 10.2. The quantitative estimate of drug-likeness (QED) is 0.229. The van der Waals surface area contributed by atoms with Crippen LogP contribution in [0.25, 0.3) is 0 Å². The summed E-state index contributed by atoms with van der Waals surface area (Å²) in [5, 5.41) is 24.7. The zero-order valence-electron chi connectivity index (χ0n) is 20.3. The summed E-state index contributed by atoms with van der Waals surface area (Å²) in [6.07, 6.45) is -4.43. The van der Waals surface area contributed by atoms with Crippen molar-refractivity contribution in [3.05, 3.63) is 71.1 Å². The van der Waals surface area contributed by atoms with Crippen molar-refractivity contribution in [1.82, 2.24) is 15.1 Å². The zero-order valence-corrected chi connectivity index (χ0v) is 21.1. The van der Waals surface area contributed by atoms with Gasteiger partial charge in [-0.2, -0.15) is 13.2 Å². The number of urea groups is 1. The van der Waals surface area contributed by atoms with Crippen molar-refractivity contribution in [3.8, 4) is 5.75 Å². The number of carbonyl (C=O) groups is 1. The summed E-state index contributed by atoms with van der Waals surface area (Å²) in [5.41, 5.74) is 0.340. The molecule has 36 heavy (non-hydrogen) atoms. The third-order valence-electron chi connectivity index (χ3n) is 5.31. The number of amidine groups is 1. The van der Waals surface area contributed by atoms with Crippen LogP contribution >= 0.6 is 12.2 Å². The first-order valence-corrected chi connectivity index (χ1v) is 11.5. The number of nitrogens with zero attached hydrogens (tertiary/aromatic N) is 2. The number of likely N-dealkylation sites (N-methyl/N-ethyl adjacent to an activating group) is 1. The molecule has 1 saturated heterocycles. The molecule has 0 radical (unpaired) electrons. The van der Waals surface area contributed by atoms with Crippen LogP contribution in [-0.2, 0) is 12.7 Å². The van der Waals surface area contributed by atoms with Crippen LogP contribution in [0.3, 0.4) is 0 Å². The topological polar surface area (TPSA) is 91.7 Å². The van der Waals surface area contributed by atoms with E-state index in [1.54, 1.807) is 12.1 Å². The zero-order chi connectivity index (χ0) is 26.8. The highest BCUT2D eigenvalue weighted by Crippen LogP contribution is 2.29. The number of phenols is 1. The highest BCUT2D eigenvalue weighted by molar-refractivity contribution is 7.80. The molecule has 2 aromatic carbocycles. The average Bonchev–Trinajstić information content (AvgIpc) is 2.79. The molecule has 0 spiro atoms. The predicted molar refractivity (Wildman–Crippen MR) is 137 cm³/mol. The molecule has 0 atom stereocenters. The largest absolute Gasteiger partial charge is 0.508 e. The van der Waals surface area contributed by atoms with Gasteiger partial charge in [0.1, 0.15) is 22.4 Å². The summed E-state index contributed by atoms with van der Waals surface area (Å²) in [5.74, 6) is 0.267. The van der Waals surface area contributed by atoms with Crippen LogP contribution < -0.4 is 10.6 Å². The molecule has 0 unspecified atom stereocenters. The lowest BCUT2D eigenvalue weighted by atomic mass is 9.95. The van der Waals surface area contributed by atoms with E-state index >= 15 is 0 Å². The standard InChI is InChI=1S/C25H28F3N5O2S/c1-24(2,3)14-33-20(29)19(22(36)32(4)23(33)35)21(31-17-9-11-18(34)12-10-17)30-13-15-5-7-16(8-6-15)25(26,27)28/h5-12,29-31,34H,13-14H2,1-4H3/b21-19-,29-20?. The lowest BCUT2D eigenvalue weighted by Crippen LogP contribution is -2.56. The lowest BCUT2D eigenvalue weighted by Gasteiger charge is -2.39. The monoisotopic (exact) mass is 519 g/mol. The number of phenolic OH excluding ortho intramolecular Hbond substituents is 1. The second-order valence-electron chi connectivity index (χ2n) is 9.61. The predicted octanol–water partition coefficient (Wildman–Crippen LogP) is 5.54. The second-order valence-corrected chi connectivity index (χ2v) is 10.00. The Labute approximate surface area is 213 Å². The van der Waals surface area contributed by atoms with Gasteiger partial charge in [-0.15, -0.1) is 0 Å². The maximum absolute atomic E-state index is 12.9. The summed E-state index contributed by atoms with van der Waals surface area (Å²) in [4.78, 5) is 15.7. The number of alkyl halides is 3. The van der Waals surface area contributed by atoms with Gasteiger partial charge in [0.15, 0.2) is 0 Å². The molecule has 7 nitrogen and oxygen atoms in total. The number of carbonyl (C=O) groups excluding carboxylic acids is 1. The molecule has 1 fully saturated rings. The number of hydrogen-bond acceptors (Lipinski definition) is 6. The number of anilines is 1. The normalized spacial score (nSPS) is 16.4. The Morgan fingerprint density at radius 3 is 2.17 bits per heavy atom. The van der Waals surface area contributed by atoms with Crippen LogP contribution in [0.4, 0.5) is 23.7 Å². The Morgan fingerprint density at radius 1 is 1.06 bits per heavy atom. The van der Waals surface area contributed by atoms with Gasteiger partial charge in [-0.25, -0.2) is 4.79 Å². The smallest absolute Gasteiger partial charge is 0.416 e. The van der Waals surface area contributed by atoms with E-state index < -0.39 is 17.8 Å². The molecule has 3 rings (SSSR count). The molecular weight excluding hydrogens is 491 g/mol. The molecule has 1 aliphatic heterocycles. The Kier molecular flexibility index (Phi) is 7.63. The van der Waals surface area contributed by atoms with Gasteiger partial charge in [0.2, 0.25) is 0 Å². The lowest BCUT2D eigenvalue weighted by molar-refractivity contribution is -0.137. The van der Waals surface area contributed by atoms with Crippen molar-refractivity contribution >= 4 is 34.8 Å². The molecule has 0 saturated carbocycles. The van der Waals surface area contributed by atoms with Crippen molar-refractivity contribution in [1.29, 1.82) is 5.41 Å². The van der Waals surface area contributed by atoms with E-state index in [1.807, 2.05) is 20.8 Å². The van der Waals surface area contributed by atoms with E-state index in [1.165, 1.54) is 41.1 Å². The van der Waals surface area contributed by atoms with Crippen molar-refractivity contribution in [3.63, 3.8) is 0 Å². The maximum Gasteiger partial charge on any atom is 0.416 e. The van der Waals surface area contributed by atoms with Gasteiger partial charge in [-0.1, -0.05) is 45.1 Å². The Bertz CT molecular complexity index is 1190. The van der Waals surface area contributed by atoms with Crippen LogP contribution in [0.1, 0.15) is 31.9 Å². The van der Waals surface area contributed by atoms with Gasteiger partial charge in [0.05, 0.1) is 11.1 Å². The minimum absolute atomic E-state index is 0.0649. The minimum atomic E-state index is -4.43. The van der Waals surface area contributed by atoms with E-state index in [4.69, 9.17) is 17.6 Å². The number of thiocarbonyl (C=S) groups is 1. The van der Waals surface area contributed by atoms with Crippen LogP contribution in [0.5, 0.6) is 5.75 Å². The van der Waals surface area contributed by atoms with Crippen LogP contribution in [0, 0.1) is 10.8 Å². The van der Waals surface area contributed by atoms with Crippen LogP contribution in [0.15, 0.2) is 59.9 Å². The molecule has 0 aromatic heterocycles. The fourth-order valence-corrected chi connectivity index (χ4v) is 3.78. The number of hydrogen-bond donors (Lipinski definition) is 4. The Morgan fingerprint density at radius 2 is 1.64 bits per heavy atom. The van der Waals surface area contributed by atoms with E-state index in [9.17, 15) is 23.1 Å². The highest BCUT2D eigenvalue weighted by Gasteiger charge is 2.39. The molecule has 192 valence electrons. The number of rotatable bonds is 6. The van der Waals surface area contributed by atoms with Crippen LogP contribution in [-0.4, -0.2) is 45.4 Å². The van der Waals surface area contributed by atoms with Gasteiger partial charge in [-0.3, -0.25) is 15.2 Å². The fraction of sp³-hybridized carbons (Fsp3) is 0.320. The molecule has 0 bridgehead atoms. The summed E-state index contributed by atoms with van der Waals surface area (Å²) in [7, 11) is 1.53. The van der Waals surface area contributed by atoms with Crippen molar-refractivity contribution in [2.75, 3.05) is 18.9 Å². The van der Waals surface area contributed by atoms with E-state index in [2.05, 4.69) is 10.6 Å². The average molecular weight is 520 g/mol. The van der Waals surface area contributed by atoms with Gasteiger partial charge in [0.25, 0.3) is 0 Å². The molecular formula is C25H28F3N5O2S. The van der Waals surface area contributed by atoms with Gasteiger partial charge >= 0.3 is 12.2 Å². The first kappa shape index (κ1) is 27.0. The van der Waals surface area contributed by atoms with Gasteiger partial charge < -0.3 is 15.7 Å². The van der Waals surface area contributed by atoms with Crippen molar-refractivity contribution < 1.29 is 23.1 Å². The number of benzene rings is 2. The minimum Gasteiger partial charge on any atom is -0.508 e. The third-order valence-corrected chi connectivity index (χ3v) is 5.79. The van der Waals surface area contributed by atoms with Gasteiger partial charge in [-0.05, 0) is 47.4 Å². The molecule has 1 heterocycles. The summed E-state index contributed by atoms with van der Waals surface area (Å²) >= 11 is 5.54. The fourth-order valence-electron chi connectivity index (χ4n) is 3.50. The third kappa shape index (κ3) is 6.34. The SMILES string of the molecule is CN1C(=O)N(CC(C)(C)C)C(=N)/C(=C(\NCc2ccc(C(F)(F)F)cc2)Nc2ccc(O)cc2)C1=S. The number of nitrogens with one attached hydrogen (secondary N) is 3. The Hall–Kier alpha value is -3.60. The summed E-state index contributed by atoms with van der Waals surface area (Å²) < 4.78 is 38.8. The number of halogens is 3. The molecule has 2 aromatic rings. The first-order chi connectivity index (χ1) is 16.7. The molecule has 2 amide bonds. The molecule has 11 heteroatoms. The van der Waals surface area contributed by atoms with E-state index in [0.717, 1.165) is 12.1 Å². The molecule has 0 aliphatic carbocycles. The highest BCUT2D eigenvalue weighted by atomic mass is 32.1. The first-order valence-electron chi connectivity index (χ1n) is 11.1.